The summed E-state index contributed by atoms with van der Waals surface area (Å²) in [6, 6.07) is 7.19. The summed E-state index contributed by atoms with van der Waals surface area (Å²) < 4.78 is 35.4. The Bertz CT molecular complexity index is 918. The molecule has 0 aromatic heterocycles. The van der Waals surface area contributed by atoms with Crippen molar-refractivity contribution in [2.75, 3.05) is 6.61 Å². The maximum atomic E-state index is 15.0. The maximum Gasteiger partial charge on any atom is 0.167 e. The van der Waals surface area contributed by atoms with Gasteiger partial charge in [-0.05, 0) is 118 Å². The highest BCUT2D eigenvalue weighted by Crippen LogP contribution is 2.45. The van der Waals surface area contributed by atoms with Crippen LogP contribution in [0.1, 0.15) is 89.5 Å². The van der Waals surface area contributed by atoms with E-state index in [1.807, 2.05) is 25.1 Å². The van der Waals surface area contributed by atoms with Gasteiger partial charge in [0.2, 0.25) is 0 Å². The third-order valence-electron chi connectivity index (χ3n) is 7.89. The van der Waals surface area contributed by atoms with Gasteiger partial charge in [-0.1, -0.05) is 31.6 Å². The van der Waals surface area contributed by atoms with Crippen molar-refractivity contribution in [2.45, 2.75) is 84.0 Å². The molecule has 2 fully saturated rings. The largest absolute Gasteiger partial charge is 0.494 e. The summed E-state index contributed by atoms with van der Waals surface area (Å²) in [5.74, 6) is 1.68. The summed E-state index contributed by atoms with van der Waals surface area (Å²) in [6.45, 7) is 4.62. The van der Waals surface area contributed by atoms with Crippen LogP contribution in [0.2, 0.25) is 0 Å². The van der Waals surface area contributed by atoms with Gasteiger partial charge in [0.05, 0.1) is 6.61 Å². The highest BCUT2D eigenvalue weighted by atomic mass is 19.2. The van der Waals surface area contributed by atoms with Gasteiger partial charge >= 0.3 is 0 Å². The molecule has 0 heterocycles. The highest BCUT2D eigenvalue weighted by molar-refractivity contribution is 5.85. The molecular weight excluding hydrogens is 402 g/mol. The van der Waals surface area contributed by atoms with Crippen molar-refractivity contribution >= 4 is 10.8 Å². The van der Waals surface area contributed by atoms with Crippen molar-refractivity contribution in [3.63, 3.8) is 0 Å². The molecule has 2 saturated carbocycles. The Morgan fingerprint density at radius 1 is 0.875 bits per heavy atom. The zero-order valence-corrected chi connectivity index (χ0v) is 19.7. The van der Waals surface area contributed by atoms with Gasteiger partial charge in [0.15, 0.2) is 11.6 Å². The Kier molecular flexibility index (Phi) is 7.86. The van der Waals surface area contributed by atoms with Crippen molar-refractivity contribution in [3.05, 3.63) is 53.6 Å². The summed E-state index contributed by atoms with van der Waals surface area (Å²) in [7, 11) is 0. The van der Waals surface area contributed by atoms with E-state index in [1.54, 1.807) is 6.07 Å². The molecule has 0 spiro atoms. The molecule has 0 atom stereocenters. The first-order chi connectivity index (χ1) is 15.6. The molecule has 0 N–H and O–H groups in total. The van der Waals surface area contributed by atoms with Crippen LogP contribution >= 0.6 is 0 Å². The minimum atomic E-state index is -0.726. The second kappa shape index (κ2) is 10.8. The fraction of sp³-hybridized carbons (Fsp3) is 0.586. The third-order valence-corrected chi connectivity index (χ3v) is 7.89. The number of hydrogen-bond acceptors (Lipinski definition) is 1. The fourth-order valence-corrected chi connectivity index (χ4v) is 6.05. The Labute approximate surface area is 192 Å². The summed E-state index contributed by atoms with van der Waals surface area (Å²) >= 11 is 0. The van der Waals surface area contributed by atoms with E-state index in [0.717, 1.165) is 48.8 Å². The van der Waals surface area contributed by atoms with Gasteiger partial charge in [-0.2, -0.15) is 0 Å². The standard InChI is InChI=1S/C29H38F2O/c1-3-5-6-7-20-8-10-21(11-9-20)22-12-14-23(15-13-22)26-18-24-16-17-25(32-4-2)19-27(24)29(31)28(26)30/h6-7,16-23H,3-5,8-15H2,1-2H3/b7-6+. The minimum absolute atomic E-state index is 0.130. The average Bonchev–Trinajstić information content (AvgIpc) is 2.83. The van der Waals surface area contributed by atoms with Gasteiger partial charge in [0, 0.05) is 5.39 Å². The molecule has 0 bridgehead atoms. The average molecular weight is 441 g/mol. The Balaban J connectivity index is 1.38. The number of benzene rings is 2. The van der Waals surface area contributed by atoms with Crippen molar-refractivity contribution < 1.29 is 13.5 Å². The molecule has 0 radical (unpaired) electrons. The first-order valence-electron chi connectivity index (χ1n) is 12.8. The Morgan fingerprint density at radius 3 is 2.22 bits per heavy atom. The summed E-state index contributed by atoms with van der Waals surface area (Å²) in [6.07, 6.45) is 16.8. The second-order valence-electron chi connectivity index (χ2n) is 9.91. The Hall–Kier alpha value is -1.90. The van der Waals surface area contributed by atoms with Crippen LogP contribution in [0.15, 0.2) is 36.4 Å². The predicted octanol–water partition coefficient (Wildman–Crippen LogP) is 8.95. The van der Waals surface area contributed by atoms with Crippen LogP contribution in [-0.4, -0.2) is 6.61 Å². The topological polar surface area (TPSA) is 9.23 Å². The third kappa shape index (κ3) is 5.18. The van der Waals surface area contributed by atoms with Crippen molar-refractivity contribution in [3.8, 4) is 5.75 Å². The zero-order chi connectivity index (χ0) is 22.5. The van der Waals surface area contributed by atoms with Crippen molar-refractivity contribution in [2.24, 2.45) is 17.8 Å². The lowest BCUT2D eigenvalue weighted by molar-refractivity contribution is 0.170. The molecule has 0 saturated heterocycles. The number of halogens is 2. The molecular formula is C29H38F2O. The highest BCUT2D eigenvalue weighted by Gasteiger charge is 2.32. The fourth-order valence-electron chi connectivity index (χ4n) is 6.05. The van der Waals surface area contributed by atoms with Crippen LogP contribution in [0.3, 0.4) is 0 Å². The predicted molar refractivity (Wildman–Crippen MR) is 129 cm³/mol. The second-order valence-corrected chi connectivity index (χ2v) is 9.91. The molecule has 174 valence electrons. The monoisotopic (exact) mass is 440 g/mol. The molecule has 3 heteroatoms. The van der Waals surface area contributed by atoms with E-state index < -0.39 is 11.6 Å². The zero-order valence-electron chi connectivity index (χ0n) is 19.7. The van der Waals surface area contributed by atoms with E-state index in [1.165, 1.54) is 38.5 Å². The minimum Gasteiger partial charge on any atom is -0.494 e. The van der Waals surface area contributed by atoms with E-state index in [9.17, 15) is 4.39 Å². The molecule has 2 aliphatic rings. The van der Waals surface area contributed by atoms with E-state index in [2.05, 4.69) is 19.1 Å². The first kappa shape index (κ1) is 23.3. The van der Waals surface area contributed by atoms with Crippen molar-refractivity contribution in [1.82, 2.24) is 0 Å². The summed E-state index contributed by atoms with van der Waals surface area (Å²) in [5, 5.41) is 1.08. The van der Waals surface area contributed by atoms with Gasteiger partial charge in [0.25, 0.3) is 0 Å². The molecule has 0 unspecified atom stereocenters. The van der Waals surface area contributed by atoms with Crippen LogP contribution < -0.4 is 4.74 Å². The van der Waals surface area contributed by atoms with Crippen LogP contribution in [0.25, 0.3) is 10.8 Å². The van der Waals surface area contributed by atoms with Gasteiger partial charge in [0.1, 0.15) is 5.75 Å². The van der Waals surface area contributed by atoms with Gasteiger partial charge in [-0.15, -0.1) is 0 Å². The molecule has 2 aliphatic carbocycles. The lowest BCUT2D eigenvalue weighted by Gasteiger charge is -2.37. The van der Waals surface area contributed by atoms with Crippen LogP contribution in [0, 0.1) is 29.4 Å². The number of unbranched alkanes of at least 4 members (excludes halogenated alkanes) is 1. The summed E-state index contributed by atoms with van der Waals surface area (Å²) in [4.78, 5) is 0. The molecule has 0 amide bonds. The first-order valence-corrected chi connectivity index (χ1v) is 12.8. The van der Waals surface area contributed by atoms with Crippen LogP contribution in [0.4, 0.5) is 8.78 Å². The van der Waals surface area contributed by atoms with Gasteiger partial charge < -0.3 is 4.74 Å². The number of rotatable bonds is 7. The number of fused-ring (bicyclic) bond motifs is 1. The quantitative estimate of drug-likeness (QED) is 0.390. The molecule has 0 aliphatic heterocycles. The van der Waals surface area contributed by atoms with E-state index >= 15 is 4.39 Å². The maximum absolute atomic E-state index is 15.0. The SMILES string of the molecule is CCC/C=C/C1CCC(C2CCC(c3cc4ccc(OCC)cc4c(F)c3F)CC2)CC1. The number of allylic oxidation sites excluding steroid dienone is 2. The molecule has 2 aromatic carbocycles. The van der Waals surface area contributed by atoms with Gasteiger partial charge in [-0.3, -0.25) is 0 Å². The molecule has 4 rings (SSSR count). The number of ether oxygens (including phenoxy) is 1. The number of hydrogen-bond donors (Lipinski definition) is 0. The Morgan fingerprint density at radius 2 is 1.56 bits per heavy atom. The molecule has 2 aromatic rings. The van der Waals surface area contributed by atoms with Gasteiger partial charge in [-0.25, -0.2) is 8.78 Å². The smallest absolute Gasteiger partial charge is 0.167 e. The normalized spacial score (nSPS) is 26.6. The van der Waals surface area contributed by atoms with Crippen LogP contribution in [-0.2, 0) is 0 Å². The van der Waals surface area contributed by atoms with E-state index in [0.29, 0.717) is 23.3 Å². The van der Waals surface area contributed by atoms with Crippen molar-refractivity contribution in [1.29, 1.82) is 0 Å². The lowest BCUT2D eigenvalue weighted by atomic mass is 9.68. The molecule has 32 heavy (non-hydrogen) atoms. The van der Waals surface area contributed by atoms with E-state index in [-0.39, 0.29) is 5.92 Å². The van der Waals surface area contributed by atoms with E-state index in [4.69, 9.17) is 4.74 Å². The summed E-state index contributed by atoms with van der Waals surface area (Å²) in [5.41, 5.74) is 0.572. The molecule has 1 nitrogen and oxygen atoms in total. The van der Waals surface area contributed by atoms with Crippen LogP contribution in [0.5, 0.6) is 5.75 Å². The lowest BCUT2D eigenvalue weighted by Crippen LogP contribution is -2.25.